The average Bonchev–Trinajstić information content (AvgIpc) is 2.68. The first kappa shape index (κ1) is 19.1. The first-order valence-electron chi connectivity index (χ1n) is 8.73. The zero-order chi connectivity index (χ0) is 19.2. The third-order valence-electron chi connectivity index (χ3n) is 4.30. The summed E-state index contributed by atoms with van der Waals surface area (Å²) in [6.07, 6.45) is -0.595. The Bertz CT molecular complexity index is 981. The molecule has 0 aliphatic carbocycles. The second-order valence-electron chi connectivity index (χ2n) is 6.12. The SMILES string of the molecule is O=C(O)OC(CCCCO)c1sc2ccccc2c(=O)c1-c1ccccc1. The lowest BCUT2D eigenvalue weighted by Gasteiger charge is -2.19. The summed E-state index contributed by atoms with van der Waals surface area (Å²) in [6, 6.07) is 16.5. The molecule has 0 saturated carbocycles. The van der Waals surface area contributed by atoms with Gasteiger partial charge in [-0.25, -0.2) is 4.79 Å². The van der Waals surface area contributed by atoms with Crippen LogP contribution in [-0.4, -0.2) is 23.0 Å². The molecule has 0 aliphatic rings. The summed E-state index contributed by atoms with van der Waals surface area (Å²) in [5.74, 6) is 0. The Morgan fingerprint density at radius 2 is 1.74 bits per heavy atom. The molecule has 6 heteroatoms. The van der Waals surface area contributed by atoms with Crippen molar-refractivity contribution >= 4 is 27.6 Å². The van der Waals surface area contributed by atoms with Gasteiger partial charge in [0.05, 0.1) is 4.88 Å². The fraction of sp³-hybridized carbons (Fsp3) is 0.238. The topological polar surface area (TPSA) is 83.8 Å². The van der Waals surface area contributed by atoms with E-state index in [1.807, 2.05) is 48.5 Å². The number of hydrogen-bond acceptors (Lipinski definition) is 5. The molecule has 0 saturated heterocycles. The number of carboxylic acid groups (broad SMARTS) is 1. The predicted octanol–water partition coefficient (Wildman–Crippen LogP) is 4.83. The van der Waals surface area contributed by atoms with Gasteiger partial charge in [-0.05, 0) is 37.0 Å². The quantitative estimate of drug-likeness (QED) is 0.450. The van der Waals surface area contributed by atoms with Crippen molar-refractivity contribution in [2.24, 2.45) is 0 Å². The third-order valence-corrected chi connectivity index (χ3v) is 5.56. The molecule has 27 heavy (non-hydrogen) atoms. The van der Waals surface area contributed by atoms with Crippen LogP contribution in [0.3, 0.4) is 0 Å². The molecule has 1 heterocycles. The van der Waals surface area contributed by atoms with Crippen molar-refractivity contribution < 1.29 is 19.7 Å². The number of rotatable bonds is 7. The van der Waals surface area contributed by atoms with Gasteiger partial charge in [-0.3, -0.25) is 4.79 Å². The molecule has 140 valence electrons. The molecule has 0 spiro atoms. The molecule has 1 aromatic heterocycles. The number of benzene rings is 2. The third kappa shape index (κ3) is 4.35. The van der Waals surface area contributed by atoms with Gasteiger partial charge in [0, 0.05) is 22.3 Å². The highest BCUT2D eigenvalue weighted by molar-refractivity contribution is 7.18. The minimum absolute atomic E-state index is 0.0271. The van der Waals surface area contributed by atoms with Gasteiger partial charge >= 0.3 is 6.16 Å². The Balaban J connectivity index is 2.21. The van der Waals surface area contributed by atoms with Crippen molar-refractivity contribution in [3.05, 3.63) is 69.7 Å². The minimum atomic E-state index is -1.38. The van der Waals surface area contributed by atoms with Crippen molar-refractivity contribution in [2.75, 3.05) is 6.61 Å². The average molecular weight is 384 g/mol. The van der Waals surface area contributed by atoms with E-state index in [2.05, 4.69) is 0 Å². The van der Waals surface area contributed by atoms with E-state index in [9.17, 15) is 14.7 Å². The molecular weight excluding hydrogens is 364 g/mol. The highest BCUT2D eigenvalue weighted by Crippen LogP contribution is 2.37. The second kappa shape index (κ2) is 8.79. The molecule has 1 unspecified atom stereocenters. The first-order chi connectivity index (χ1) is 13.1. The number of aliphatic hydroxyl groups excluding tert-OH is 1. The highest BCUT2D eigenvalue weighted by Gasteiger charge is 2.24. The number of aliphatic hydroxyl groups is 1. The molecule has 0 aliphatic heterocycles. The van der Waals surface area contributed by atoms with Gasteiger partial charge < -0.3 is 14.9 Å². The number of unbranched alkanes of at least 4 members (excludes halogenated alkanes) is 1. The van der Waals surface area contributed by atoms with Gasteiger partial charge in [0.2, 0.25) is 0 Å². The molecule has 3 aromatic rings. The number of ether oxygens (including phenoxy) is 1. The molecule has 5 nitrogen and oxygen atoms in total. The molecule has 0 radical (unpaired) electrons. The number of fused-ring (bicyclic) bond motifs is 1. The van der Waals surface area contributed by atoms with Crippen molar-refractivity contribution in [1.82, 2.24) is 0 Å². The zero-order valence-corrected chi connectivity index (χ0v) is 15.4. The van der Waals surface area contributed by atoms with Gasteiger partial charge in [-0.2, -0.15) is 0 Å². The molecule has 3 rings (SSSR count). The maximum absolute atomic E-state index is 13.2. The van der Waals surface area contributed by atoms with E-state index in [-0.39, 0.29) is 12.0 Å². The van der Waals surface area contributed by atoms with Crippen LogP contribution < -0.4 is 5.43 Å². The van der Waals surface area contributed by atoms with Crippen molar-refractivity contribution in [3.63, 3.8) is 0 Å². The van der Waals surface area contributed by atoms with E-state index in [1.165, 1.54) is 11.3 Å². The lowest BCUT2D eigenvalue weighted by molar-refractivity contribution is 0.0476. The fourth-order valence-corrected chi connectivity index (χ4v) is 4.34. The van der Waals surface area contributed by atoms with Crippen LogP contribution in [0.25, 0.3) is 21.2 Å². The number of carbonyl (C=O) groups is 1. The van der Waals surface area contributed by atoms with Crippen LogP contribution in [0.15, 0.2) is 59.4 Å². The first-order valence-corrected chi connectivity index (χ1v) is 9.55. The lowest BCUT2D eigenvalue weighted by atomic mass is 9.99. The Kier molecular flexibility index (Phi) is 6.21. The van der Waals surface area contributed by atoms with Crippen molar-refractivity contribution in [3.8, 4) is 11.1 Å². The molecule has 0 fully saturated rings. The molecule has 1 atom stereocenters. The van der Waals surface area contributed by atoms with Crippen LogP contribution in [0.4, 0.5) is 4.79 Å². The van der Waals surface area contributed by atoms with Crippen LogP contribution in [0.1, 0.15) is 30.2 Å². The van der Waals surface area contributed by atoms with Gasteiger partial charge in [-0.15, -0.1) is 11.3 Å². The summed E-state index contributed by atoms with van der Waals surface area (Å²) in [5.41, 5.74) is 1.09. The zero-order valence-electron chi connectivity index (χ0n) is 14.6. The van der Waals surface area contributed by atoms with E-state index in [1.54, 1.807) is 6.07 Å². The Morgan fingerprint density at radius 1 is 1.04 bits per heavy atom. The van der Waals surface area contributed by atoms with E-state index in [0.717, 1.165) is 10.3 Å². The highest BCUT2D eigenvalue weighted by atomic mass is 32.1. The summed E-state index contributed by atoms with van der Waals surface area (Å²) in [4.78, 5) is 25.1. The van der Waals surface area contributed by atoms with Crippen molar-refractivity contribution in [2.45, 2.75) is 25.4 Å². The van der Waals surface area contributed by atoms with Crippen LogP contribution >= 0.6 is 11.3 Å². The summed E-state index contributed by atoms with van der Waals surface area (Å²) in [6.45, 7) is 0.0271. The summed E-state index contributed by atoms with van der Waals surface area (Å²) in [5, 5.41) is 18.9. The van der Waals surface area contributed by atoms with Gasteiger partial charge in [0.25, 0.3) is 0 Å². The largest absolute Gasteiger partial charge is 0.506 e. The fourth-order valence-electron chi connectivity index (χ4n) is 3.07. The molecule has 2 aromatic carbocycles. The van der Waals surface area contributed by atoms with Gasteiger partial charge in [0.1, 0.15) is 6.10 Å². The van der Waals surface area contributed by atoms with Crippen LogP contribution in [-0.2, 0) is 4.74 Å². The molecular formula is C21H20O5S. The normalized spacial score (nSPS) is 12.0. The molecule has 0 bridgehead atoms. The Morgan fingerprint density at radius 3 is 2.44 bits per heavy atom. The summed E-state index contributed by atoms with van der Waals surface area (Å²) >= 11 is 1.38. The number of hydrogen-bond donors (Lipinski definition) is 2. The maximum atomic E-state index is 13.2. The minimum Gasteiger partial charge on any atom is -0.450 e. The van der Waals surface area contributed by atoms with Crippen LogP contribution in [0.2, 0.25) is 0 Å². The van der Waals surface area contributed by atoms with Crippen LogP contribution in [0, 0.1) is 0 Å². The summed E-state index contributed by atoms with van der Waals surface area (Å²) in [7, 11) is 0. The van der Waals surface area contributed by atoms with Crippen LogP contribution in [0.5, 0.6) is 0 Å². The van der Waals surface area contributed by atoms with E-state index < -0.39 is 12.3 Å². The lowest BCUT2D eigenvalue weighted by Crippen LogP contribution is -2.15. The van der Waals surface area contributed by atoms with Gasteiger partial charge in [0.15, 0.2) is 5.43 Å². The van der Waals surface area contributed by atoms with E-state index in [4.69, 9.17) is 9.84 Å². The summed E-state index contributed by atoms with van der Waals surface area (Å²) < 4.78 is 5.95. The second-order valence-corrected chi connectivity index (χ2v) is 7.21. The molecule has 0 amide bonds. The van der Waals surface area contributed by atoms with Crippen molar-refractivity contribution in [1.29, 1.82) is 0 Å². The smallest absolute Gasteiger partial charge is 0.450 e. The standard InChI is InChI=1S/C21H20O5S/c22-13-7-6-11-16(26-21(24)25)20-18(14-8-2-1-3-9-14)19(23)15-10-4-5-12-17(15)27-20/h1-5,8-10,12,16,22H,6-7,11,13H2,(H,24,25). The van der Waals surface area contributed by atoms with E-state index >= 15 is 0 Å². The predicted molar refractivity (Wildman–Crippen MR) is 106 cm³/mol. The maximum Gasteiger partial charge on any atom is 0.506 e. The van der Waals surface area contributed by atoms with E-state index in [0.29, 0.717) is 35.1 Å². The Labute approximate surface area is 160 Å². The molecule has 2 N–H and O–H groups in total. The monoisotopic (exact) mass is 384 g/mol. The Hall–Kier alpha value is -2.70. The van der Waals surface area contributed by atoms with Gasteiger partial charge in [-0.1, -0.05) is 42.5 Å².